The van der Waals surface area contributed by atoms with Crippen molar-refractivity contribution in [2.75, 3.05) is 24.8 Å². The number of anilines is 1. The first-order valence-corrected chi connectivity index (χ1v) is 11.4. The van der Waals surface area contributed by atoms with Crippen molar-refractivity contribution >= 4 is 17.6 Å². The predicted octanol–water partition coefficient (Wildman–Crippen LogP) is 2.44. The average Bonchev–Trinajstić information content (AvgIpc) is 3.33. The SMILES string of the molecule is CC(C)[C@@H]1NC(=O)C[C@H]2[C@@H]3OC(C)(C)O[C@H]3c3cc4c(cc3N2C/C=C/COC1=O)OCO4. The molecule has 1 amide bonds. The highest BCUT2D eigenvalue weighted by molar-refractivity contribution is 5.85. The van der Waals surface area contributed by atoms with Crippen molar-refractivity contribution < 1.29 is 33.3 Å². The fourth-order valence-corrected chi connectivity index (χ4v) is 4.95. The van der Waals surface area contributed by atoms with Crippen molar-refractivity contribution in [3.05, 3.63) is 29.8 Å². The van der Waals surface area contributed by atoms with Gasteiger partial charge in [-0.1, -0.05) is 19.9 Å². The Balaban J connectivity index is 1.56. The molecule has 0 spiro atoms. The van der Waals surface area contributed by atoms with Crippen molar-refractivity contribution in [2.45, 2.75) is 64.2 Å². The van der Waals surface area contributed by atoms with Crippen LogP contribution in [0.15, 0.2) is 24.3 Å². The highest BCUT2D eigenvalue weighted by Crippen LogP contribution is 2.52. The molecule has 1 N–H and O–H groups in total. The highest BCUT2D eigenvalue weighted by atomic mass is 16.8. The maximum Gasteiger partial charge on any atom is 0.329 e. The second kappa shape index (κ2) is 8.22. The first kappa shape index (κ1) is 22.0. The molecule has 4 atom stereocenters. The van der Waals surface area contributed by atoms with Crippen LogP contribution in [0.2, 0.25) is 0 Å². The molecule has 0 aliphatic carbocycles. The Hall–Kier alpha value is -2.78. The molecular formula is C24H30N2O7. The number of esters is 1. The molecule has 0 aromatic heterocycles. The number of cyclic esters (lactones) is 1. The van der Waals surface area contributed by atoms with Gasteiger partial charge in [-0.2, -0.15) is 0 Å². The van der Waals surface area contributed by atoms with Gasteiger partial charge in [-0.25, -0.2) is 4.79 Å². The lowest BCUT2D eigenvalue weighted by atomic mass is 9.88. The number of fused-ring (bicyclic) bond motifs is 7. The molecule has 9 nitrogen and oxygen atoms in total. The molecule has 1 aromatic carbocycles. The number of amides is 1. The smallest absolute Gasteiger partial charge is 0.329 e. The van der Waals surface area contributed by atoms with E-state index in [1.54, 1.807) is 0 Å². The monoisotopic (exact) mass is 458 g/mol. The third kappa shape index (κ3) is 4.04. The number of rotatable bonds is 1. The predicted molar refractivity (Wildman–Crippen MR) is 118 cm³/mol. The van der Waals surface area contributed by atoms with Gasteiger partial charge >= 0.3 is 5.97 Å². The molecule has 9 heteroatoms. The molecule has 4 aliphatic rings. The van der Waals surface area contributed by atoms with E-state index in [0.29, 0.717) is 18.0 Å². The van der Waals surface area contributed by atoms with Gasteiger partial charge in [-0.05, 0) is 31.9 Å². The Morgan fingerprint density at radius 1 is 1.06 bits per heavy atom. The topological polar surface area (TPSA) is 95.6 Å². The molecule has 5 rings (SSSR count). The van der Waals surface area contributed by atoms with Crippen molar-refractivity contribution in [1.82, 2.24) is 5.32 Å². The van der Waals surface area contributed by atoms with Gasteiger partial charge in [0.2, 0.25) is 12.7 Å². The van der Waals surface area contributed by atoms with E-state index in [4.69, 9.17) is 23.7 Å². The van der Waals surface area contributed by atoms with Crippen molar-refractivity contribution in [3.8, 4) is 11.5 Å². The van der Waals surface area contributed by atoms with E-state index in [2.05, 4.69) is 10.2 Å². The standard InChI is InChI=1S/C24H30N2O7/c1-13(2)20-23(28)29-8-6-5-7-26-15-10-18-17(30-12-31-18)9-14(15)21-22(33-24(3,4)32-21)16(26)11-19(27)25-20/h5-6,9-10,13,16,20-22H,7-8,11-12H2,1-4H3,(H,25,27)/b6-5+/t16-,20-,21-,22-/m0/s1. The van der Waals surface area contributed by atoms with Crippen LogP contribution in [0.25, 0.3) is 0 Å². The summed E-state index contributed by atoms with van der Waals surface area (Å²) in [6.45, 7) is 8.33. The van der Waals surface area contributed by atoms with E-state index in [1.807, 2.05) is 52.0 Å². The highest BCUT2D eigenvalue weighted by Gasteiger charge is 2.52. The fourth-order valence-electron chi connectivity index (χ4n) is 4.95. The van der Waals surface area contributed by atoms with Crippen LogP contribution in [0, 0.1) is 5.92 Å². The summed E-state index contributed by atoms with van der Waals surface area (Å²) in [5, 5.41) is 2.88. The minimum Gasteiger partial charge on any atom is -0.460 e. The minimum absolute atomic E-state index is 0.103. The molecule has 0 saturated carbocycles. The summed E-state index contributed by atoms with van der Waals surface area (Å²) in [7, 11) is 0. The van der Waals surface area contributed by atoms with Gasteiger partial charge in [0.05, 0.1) is 6.04 Å². The first-order valence-electron chi connectivity index (χ1n) is 11.4. The molecular weight excluding hydrogens is 428 g/mol. The maximum atomic E-state index is 13.2. The number of benzene rings is 1. The van der Waals surface area contributed by atoms with Crippen LogP contribution < -0.4 is 19.7 Å². The van der Waals surface area contributed by atoms with E-state index < -0.39 is 17.8 Å². The lowest BCUT2D eigenvalue weighted by Gasteiger charge is -2.43. The zero-order valence-corrected chi connectivity index (χ0v) is 19.3. The van der Waals surface area contributed by atoms with Crippen LogP contribution in [0.4, 0.5) is 5.69 Å². The van der Waals surface area contributed by atoms with Gasteiger partial charge in [0.25, 0.3) is 0 Å². The van der Waals surface area contributed by atoms with E-state index in [9.17, 15) is 9.59 Å². The quantitative estimate of drug-likeness (QED) is 0.507. The number of nitrogens with zero attached hydrogens (tertiary/aromatic N) is 1. The number of hydrogen-bond acceptors (Lipinski definition) is 8. The van der Waals surface area contributed by atoms with Crippen molar-refractivity contribution in [3.63, 3.8) is 0 Å². The van der Waals surface area contributed by atoms with E-state index in [1.165, 1.54) is 0 Å². The van der Waals surface area contributed by atoms with E-state index >= 15 is 0 Å². The Bertz CT molecular complexity index is 989. The van der Waals surface area contributed by atoms with Crippen LogP contribution in [0.1, 0.15) is 45.8 Å². The van der Waals surface area contributed by atoms with Gasteiger partial charge in [-0.15, -0.1) is 0 Å². The van der Waals surface area contributed by atoms with Crippen LogP contribution >= 0.6 is 0 Å². The molecule has 0 unspecified atom stereocenters. The second-order valence-corrected chi connectivity index (χ2v) is 9.60. The Morgan fingerprint density at radius 2 is 1.82 bits per heavy atom. The van der Waals surface area contributed by atoms with Crippen molar-refractivity contribution in [1.29, 1.82) is 0 Å². The van der Waals surface area contributed by atoms with Crippen LogP contribution in [0.5, 0.6) is 11.5 Å². The molecule has 1 fully saturated rings. The first-order chi connectivity index (χ1) is 15.7. The summed E-state index contributed by atoms with van der Waals surface area (Å²) >= 11 is 0. The summed E-state index contributed by atoms with van der Waals surface area (Å²) in [5.41, 5.74) is 1.86. The second-order valence-electron chi connectivity index (χ2n) is 9.60. The summed E-state index contributed by atoms with van der Waals surface area (Å²) < 4.78 is 29.2. The molecule has 4 heterocycles. The summed E-state index contributed by atoms with van der Waals surface area (Å²) in [4.78, 5) is 27.8. The molecule has 33 heavy (non-hydrogen) atoms. The molecule has 0 bridgehead atoms. The largest absolute Gasteiger partial charge is 0.460 e. The zero-order chi connectivity index (χ0) is 23.3. The number of nitrogens with one attached hydrogen (secondary N) is 1. The van der Waals surface area contributed by atoms with Gasteiger partial charge in [-0.3, -0.25) is 4.79 Å². The number of carbonyl (C=O) groups excluding carboxylic acids is 2. The number of carbonyl (C=O) groups is 2. The summed E-state index contributed by atoms with van der Waals surface area (Å²) in [5.74, 6) is -0.234. The van der Waals surface area contributed by atoms with Crippen LogP contribution in [-0.2, 0) is 23.8 Å². The Kier molecular flexibility index (Phi) is 5.49. The average molecular weight is 459 g/mol. The molecule has 1 saturated heterocycles. The normalized spacial score (nSPS) is 31.5. The minimum atomic E-state index is -0.806. The molecule has 0 radical (unpaired) electrons. The third-order valence-electron chi connectivity index (χ3n) is 6.47. The fraction of sp³-hybridized carbons (Fsp3) is 0.583. The van der Waals surface area contributed by atoms with Gasteiger partial charge < -0.3 is 33.9 Å². The van der Waals surface area contributed by atoms with Crippen LogP contribution in [-0.4, -0.2) is 55.8 Å². The van der Waals surface area contributed by atoms with Gasteiger partial charge in [0, 0.05) is 30.3 Å². The third-order valence-corrected chi connectivity index (χ3v) is 6.47. The van der Waals surface area contributed by atoms with Crippen molar-refractivity contribution in [2.24, 2.45) is 5.92 Å². The number of hydrogen-bond donors (Lipinski definition) is 1. The van der Waals surface area contributed by atoms with E-state index in [-0.39, 0.29) is 49.9 Å². The molecule has 178 valence electrons. The molecule has 1 aromatic rings. The Labute approximate surface area is 192 Å². The van der Waals surface area contributed by atoms with Gasteiger partial charge in [0.1, 0.15) is 24.9 Å². The zero-order valence-electron chi connectivity index (χ0n) is 19.3. The van der Waals surface area contributed by atoms with E-state index in [0.717, 1.165) is 11.3 Å². The lowest BCUT2D eigenvalue weighted by molar-refractivity contribution is -0.149. The van der Waals surface area contributed by atoms with Gasteiger partial charge in [0.15, 0.2) is 17.3 Å². The summed E-state index contributed by atoms with van der Waals surface area (Å²) in [6.07, 6.45) is 3.17. The number of ether oxygens (including phenoxy) is 5. The maximum absolute atomic E-state index is 13.2. The molecule has 4 aliphatic heterocycles. The Morgan fingerprint density at radius 3 is 2.58 bits per heavy atom. The van der Waals surface area contributed by atoms with Crippen LogP contribution in [0.3, 0.4) is 0 Å². The lowest BCUT2D eigenvalue weighted by Crippen LogP contribution is -2.54. The summed E-state index contributed by atoms with van der Waals surface area (Å²) in [6, 6.07) is 2.88.